The van der Waals surface area contributed by atoms with Gasteiger partial charge < -0.3 is 5.32 Å². The molecule has 0 atom stereocenters. The molecule has 0 heterocycles. The van der Waals surface area contributed by atoms with Crippen LogP contribution in [-0.2, 0) is 0 Å². The van der Waals surface area contributed by atoms with Crippen LogP contribution in [0.5, 0.6) is 0 Å². The molecule has 90 valence electrons. The molecule has 4 aliphatic carbocycles. The standard InChI is InChI=1S/C14H22BrN/c1-10(15)8-16-9-14-5-11-2-12(6-14)4-13(3-11)7-14/h11-13,16H,1-9H2. The van der Waals surface area contributed by atoms with Crippen LogP contribution < -0.4 is 5.32 Å². The fourth-order valence-electron chi connectivity index (χ4n) is 4.97. The molecule has 0 aromatic carbocycles. The van der Waals surface area contributed by atoms with Gasteiger partial charge in [0.05, 0.1) is 0 Å². The number of rotatable bonds is 4. The topological polar surface area (TPSA) is 12.0 Å². The summed E-state index contributed by atoms with van der Waals surface area (Å²) in [4.78, 5) is 0. The summed E-state index contributed by atoms with van der Waals surface area (Å²) in [6, 6.07) is 0. The van der Waals surface area contributed by atoms with E-state index in [0.29, 0.717) is 5.41 Å². The summed E-state index contributed by atoms with van der Waals surface area (Å²) in [6.45, 7) is 6.05. The van der Waals surface area contributed by atoms with Crippen molar-refractivity contribution in [1.82, 2.24) is 5.32 Å². The molecule has 4 fully saturated rings. The summed E-state index contributed by atoms with van der Waals surface area (Å²) in [7, 11) is 0. The van der Waals surface area contributed by atoms with Gasteiger partial charge in [-0.15, -0.1) is 0 Å². The lowest BCUT2D eigenvalue weighted by Crippen LogP contribution is -2.50. The molecule has 1 nitrogen and oxygen atoms in total. The van der Waals surface area contributed by atoms with E-state index >= 15 is 0 Å². The fraction of sp³-hybridized carbons (Fsp3) is 0.857. The second-order valence-corrected chi connectivity index (χ2v) is 7.66. The van der Waals surface area contributed by atoms with Crippen molar-refractivity contribution in [2.45, 2.75) is 38.5 Å². The van der Waals surface area contributed by atoms with Crippen molar-refractivity contribution in [3.63, 3.8) is 0 Å². The van der Waals surface area contributed by atoms with Crippen LogP contribution in [0.2, 0.25) is 0 Å². The highest BCUT2D eigenvalue weighted by Crippen LogP contribution is 2.59. The molecule has 16 heavy (non-hydrogen) atoms. The zero-order valence-corrected chi connectivity index (χ0v) is 11.6. The summed E-state index contributed by atoms with van der Waals surface area (Å²) in [5.74, 6) is 3.21. The first-order chi connectivity index (χ1) is 7.65. The zero-order chi connectivity index (χ0) is 11.2. The Kier molecular flexibility index (Phi) is 2.91. The van der Waals surface area contributed by atoms with Gasteiger partial charge in [-0.05, 0) is 61.7 Å². The highest BCUT2D eigenvalue weighted by Gasteiger charge is 2.50. The van der Waals surface area contributed by atoms with E-state index in [0.717, 1.165) is 28.8 Å². The average Bonchev–Trinajstić information content (AvgIpc) is 2.13. The van der Waals surface area contributed by atoms with E-state index in [4.69, 9.17) is 0 Å². The zero-order valence-electron chi connectivity index (χ0n) is 9.97. The molecule has 1 N–H and O–H groups in total. The summed E-state index contributed by atoms with van der Waals surface area (Å²) in [6.07, 6.45) is 9.14. The van der Waals surface area contributed by atoms with Crippen LogP contribution in [0, 0.1) is 23.2 Å². The van der Waals surface area contributed by atoms with E-state index in [2.05, 4.69) is 27.8 Å². The molecule has 4 rings (SSSR count). The third kappa shape index (κ3) is 2.11. The molecule has 4 saturated carbocycles. The maximum absolute atomic E-state index is 3.89. The van der Waals surface area contributed by atoms with Crippen molar-refractivity contribution in [1.29, 1.82) is 0 Å². The predicted octanol–water partition coefficient (Wildman–Crippen LogP) is 3.70. The first-order valence-electron chi connectivity index (χ1n) is 6.69. The first-order valence-corrected chi connectivity index (χ1v) is 7.48. The van der Waals surface area contributed by atoms with Crippen molar-refractivity contribution in [2.75, 3.05) is 13.1 Å². The molecule has 0 spiro atoms. The number of nitrogens with one attached hydrogen (secondary N) is 1. The quantitative estimate of drug-likeness (QED) is 0.830. The van der Waals surface area contributed by atoms with Crippen LogP contribution in [0.4, 0.5) is 0 Å². The van der Waals surface area contributed by atoms with Gasteiger partial charge in [-0.3, -0.25) is 0 Å². The van der Waals surface area contributed by atoms with Crippen LogP contribution in [0.25, 0.3) is 0 Å². The third-order valence-electron chi connectivity index (χ3n) is 4.98. The molecule has 4 bridgehead atoms. The lowest BCUT2D eigenvalue weighted by molar-refractivity contribution is -0.0508. The third-order valence-corrected chi connectivity index (χ3v) is 5.26. The Morgan fingerprint density at radius 2 is 1.62 bits per heavy atom. The molecule has 0 aromatic rings. The Labute approximate surface area is 107 Å². The van der Waals surface area contributed by atoms with Gasteiger partial charge in [0, 0.05) is 17.6 Å². The molecule has 2 heteroatoms. The second kappa shape index (κ2) is 4.13. The monoisotopic (exact) mass is 283 g/mol. The van der Waals surface area contributed by atoms with E-state index in [1.165, 1.54) is 25.8 Å². The normalized spacial score (nSPS) is 44.9. The van der Waals surface area contributed by atoms with Crippen molar-refractivity contribution in [2.24, 2.45) is 23.2 Å². The maximum Gasteiger partial charge on any atom is 0.0265 e. The lowest BCUT2D eigenvalue weighted by atomic mass is 9.49. The van der Waals surface area contributed by atoms with Gasteiger partial charge in [0.1, 0.15) is 0 Å². The second-order valence-electron chi connectivity index (χ2n) is 6.54. The van der Waals surface area contributed by atoms with Gasteiger partial charge in [0.2, 0.25) is 0 Å². The summed E-state index contributed by atoms with van der Waals surface area (Å²) in [5, 5.41) is 3.60. The van der Waals surface area contributed by atoms with Crippen LogP contribution >= 0.6 is 15.9 Å². The molecule has 4 aliphatic rings. The van der Waals surface area contributed by atoms with Crippen LogP contribution in [0.15, 0.2) is 11.1 Å². The van der Waals surface area contributed by atoms with E-state index in [1.54, 1.807) is 19.3 Å². The van der Waals surface area contributed by atoms with Crippen LogP contribution in [0.1, 0.15) is 38.5 Å². The Morgan fingerprint density at radius 1 is 1.12 bits per heavy atom. The van der Waals surface area contributed by atoms with E-state index < -0.39 is 0 Å². The predicted molar refractivity (Wildman–Crippen MR) is 71.5 cm³/mol. The fourth-order valence-corrected chi connectivity index (χ4v) is 5.17. The summed E-state index contributed by atoms with van der Waals surface area (Å²) >= 11 is 3.43. The van der Waals surface area contributed by atoms with Crippen LogP contribution in [-0.4, -0.2) is 13.1 Å². The van der Waals surface area contributed by atoms with Crippen LogP contribution in [0.3, 0.4) is 0 Å². The number of hydrogen-bond donors (Lipinski definition) is 1. The van der Waals surface area contributed by atoms with Gasteiger partial charge in [0.25, 0.3) is 0 Å². The summed E-state index contributed by atoms with van der Waals surface area (Å²) < 4.78 is 1.08. The molecule has 0 aromatic heterocycles. The van der Waals surface area contributed by atoms with Gasteiger partial charge in [-0.25, -0.2) is 0 Å². The molecule has 0 saturated heterocycles. The van der Waals surface area contributed by atoms with E-state index in [9.17, 15) is 0 Å². The van der Waals surface area contributed by atoms with Gasteiger partial charge in [-0.2, -0.15) is 0 Å². The molecular formula is C14H22BrN. The van der Waals surface area contributed by atoms with Crippen molar-refractivity contribution in [3.05, 3.63) is 11.1 Å². The highest BCUT2D eigenvalue weighted by molar-refractivity contribution is 9.11. The summed E-state index contributed by atoms with van der Waals surface area (Å²) in [5.41, 5.74) is 0.664. The molecule has 0 amide bonds. The van der Waals surface area contributed by atoms with Crippen molar-refractivity contribution < 1.29 is 0 Å². The van der Waals surface area contributed by atoms with Gasteiger partial charge in [-0.1, -0.05) is 22.5 Å². The molecule has 0 radical (unpaired) electrons. The SMILES string of the molecule is C=C(Br)CNCC12CC3CC(CC(C3)C1)C2. The largest absolute Gasteiger partial charge is 0.312 e. The lowest BCUT2D eigenvalue weighted by Gasteiger charge is -2.57. The molecular weight excluding hydrogens is 262 g/mol. The number of halogens is 1. The molecule has 0 unspecified atom stereocenters. The highest BCUT2D eigenvalue weighted by atomic mass is 79.9. The minimum absolute atomic E-state index is 0.664. The number of hydrogen-bond acceptors (Lipinski definition) is 1. The Hall–Kier alpha value is 0.180. The van der Waals surface area contributed by atoms with Crippen molar-refractivity contribution in [3.8, 4) is 0 Å². The molecule has 0 aliphatic heterocycles. The van der Waals surface area contributed by atoms with E-state index in [1.807, 2.05) is 0 Å². The Balaban J connectivity index is 1.62. The minimum atomic E-state index is 0.664. The van der Waals surface area contributed by atoms with Crippen molar-refractivity contribution >= 4 is 15.9 Å². The average molecular weight is 284 g/mol. The van der Waals surface area contributed by atoms with Gasteiger partial charge in [0.15, 0.2) is 0 Å². The maximum atomic E-state index is 3.89. The Morgan fingerprint density at radius 3 is 2.06 bits per heavy atom. The minimum Gasteiger partial charge on any atom is -0.312 e. The smallest absolute Gasteiger partial charge is 0.0265 e. The first kappa shape index (κ1) is 11.3. The Bertz CT molecular complexity index is 262. The van der Waals surface area contributed by atoms with E-state index in [-0.39, 0.29) is 0 Å². The van der Waals surface area contributed by atoms with Gasteiger partial charge >= 0.3 is 0 Å².